The van der Waals surface area contributed by atoms with Gasteiger partial charge in [-0.05, 0) is 25.2 Å². The van der Waals surface area contributed by atoms with Crippen LogP contribution in [0.4, 0.5) is 0 Å². The quantitative estimate of drug-likeness (QED) is 0.687. The summed E-state index contributed by atoms with van der Waals surface area (Å²) >= 11 is 0. The lowest BCUT2D eigenvalue weighted by molar-refractivity contribution is -0.130. The van der Waals surface area contributed by atoms with Crippen molar-refractivity contribution in [1.29, 1.82) is 0 Å². The Morgan fingerprint density at radius 2 is 2.06 bits per heavy atom. The van der Waals surface area contributed by atoms with E-state index in [0.717, 1.165) is 26.2 Å². The summed E-state index contributed by atoms with van der Waals surface area (Å²) in [6.07, 6.45) is 3.67. The second kappa shape index (κ2) is 5.15. The van der Waals surface area contributed by atoms with Crippen LogP contribution in [-0.2, 0) is 9.53 Å². The summed E-state index contributed by atoms with van der Waals surface area (Å²) in [5.41, 5.74) is 0. The first-order valence-corrected chi connectivity index (χ1v) is 6.18. The van der Waals surface area contributed by atoms with Crippen molar-refractivity contribution in [2.24, 2.45) is 5.92 Å². The number of hydrogen-bond acceptors (Lipinski definition) is 3. The molecule has 0 aromatic heterocycles. The highest BCUT2D eigenvalue weighted by atomic mass is 16.5. The van der Waals surface area contributed by atoms with E-state index in [1.807, 2.05) is 14.1 Å². The molecule has 2 rings (SSSR count). The Bertz CT molecular complexity index is 245. The van der Waals surface area contributed by atoms with Gasteiger partial charge >= 0.3 is 0 Å². The summed E-state index contributed by atoms with van der Waals surface area (Å²) in [7, 11) is 3.65. The van der Waals surface area contributed by atoms with Crippen LogP contribution >= 0.6 is 0 Å². The highest BCUT2D eigenvalue weighted by molar-refractivity contribution is 5.77. The van der Waals surface area contributed by atoms with E-state index >= 15 is 0 Å². The largest absolute Gasteiger partial charge is 0.381 e. The first-order valence-electron chi connectivity index (χ1n) is 6.18. The van der Waals surface area contributed by atoms with Crippen LogP contribution in [-0.4, -0.2) is 62.1 Å². The SMILES string of the molecule is CN(C)C(=O)CN(CC1CCOC1)C1CC1. The maximum absolute atomic E-state index is 11.7. The minimum Gasteiger partial charge on any atom is -0.381 e. The van der Waals surface area contributed by atoms with Gasteiger partial charge in [-0.15, -0.1) is 0 Å². The van der Waals surface area contributed by atoms with Crippen molar-refractivity contribution in [3.8, 4) is 0 Å². The molecule has 92 valence electrons. The van der Waals surface area contributed by atoms with Crippen LogP contribution < -0.4 is 0 Å². The van der Waals surface area contributed by atoms with E-state index in [9.17, 15) is 4.79 Å². The standard InChI is InChI=1S/C12H22N2O2/c1-13(2)12(15)8-14(11-3-4-11)7-10-5-6-16-9-10/h10-11H,3-9H2,1-2H3. The third-order valence-electron chi connectivity index (χ3n) is 3.42. The van der Waals surface area contributed by atoms with E-state index in [-0.39, 0.29) is 5.91 Å². The van der Waals surface area contributed by atoms with Crippen molar-refractivity contribution in [2.75, 3.05) is 40.4 Å². The molecule has 1 aliphatic carbocycles. The molecule has 1 amide bonds. The fraction of sp³-hybridized carbons (Fsp3) is 0.917. The molecule has 1 saturated carbocycles. The summed E-state index contributed by atoms with van der Waals surface area (Å²) < 4.78 is 5.39. The number of nitrogens with zero attached hydrogens (tertiary/aromatic N) is 2. The Morgan fingerprint density at radius 1 is 1.31 bits per heavy atom. The number of rotatable bonds is 5. The van der Waals surface area contributed by atoms with Crippen molar-refractivity contribution < 1.29 is 9.53 Å². The lowest BCUT2D eigenvalue weighted by atomic mass is 10.1. The zero-order chi connectivity index (χ0) is 11.5. The molecule has 1 atom stereocenters. The van der Waals surface area contributed by atoms with Crippen LogP contribution in [0.1, 0.15) is 19.3 Å². The number of carbonyl (C=O) groups excluding carboxylic acids is 1. The highest BCUT2D eigenvalue weighted by Crippen LogP contribution is 2.28. The number of hydrogen-bond donors (Lipinski definition) is 0. The Labute approximate surface area is 97.5 Å². The van der Waals surface area contributed by atoms with Crippen LogP contribution in [0.15, 0.2) is 0 Å². The first-order chi connectivity index (χ1) is 7.66. The van der Waals surface area contributed by atoms with E-state index in [2.05, 4.69) is 4.90 Å². The maximum Gasteiger partial charge on any atom is 0.236 e. The summed E-state index contributed by atoms with van der Waals surface area (Å²) in [5.74, 6) is 0.848. The molecule has 0 radical (unpaired) electrons. The number of amides is 1. The number of carbonyl (C=O) groups is 1. The van der Waals surface area contributed by atoms with E-state index in [4.69, 9.17) is 4.74 Å². The molecule has 4 nitrogen and oxygen atoms in total. The van der Waals surface area contributed by atoms with Gasteiger partial charge in [-0.2, -0.15) is 0 Å². The van der Waals surface area contributed by atoms with Crippen LogP contribution in [0.5, 0.6) is 0 Å². The second-order valence-corrected chi connectivity index (χ2v) is 5.18. The minimum absolute atomic E-state index is 0.214. The van der Waals surface area contributed by atoms with Gasteiger partial charge in [-0.3, -0.25) is 9.69 Å². The smallest absolute Gasteiger partial charge is 0.236 e. The van der Waals surface area contributed by atoms with Crippen molar-refractivity contribution in [3.63, 3.8) is 0 Å². The van der Waals surface area contributed by atoms with E-state index < -0.39 is 0 Å². The Morgan fingerprint density at radius 3 is 2.56 bits per heavy atom. The van der Waals surface area contributed by atoms with Gasteiger partial charge in [0.15, 0.2) is 0 Å². The summed E-state index contributed by atoms with van der Waals surface area (Å²) in [5, 5.41) is 0. The zero-order valence-corrected chi connectivity index (χ0v) is 10.3. The molecule has 2 aliphatic rings. The van der Waals surface area contributed by atoms with Crippen LogP contribution in [0.25, 0.3) is 0 Å². The predicted octanol–water partition coefficient (Wildman–Crippen LogP) is 0.575. The average Bonchev–Trinajstić information content (AvgIpc) is 2.97. The molecule has 16 heavy (non-hydrogen) atoms. The molecule has 1 aliphatic heterocycles. The fourth-order valence-corrected chi connectivity index (χ4v) is 2.16. The molecule has 4 heteroatoms. The van der Waals surface area contributed by atoms with E-state index in [1.165, 1.54) is 12.8 Å². The summed E-state index contributed by atoms with van der Waals surface area (Å²) in [4.78, 5) is 15.7. The molecule has 1 saturated heterocycles. The lowest BCUT2D eigenvalue weighted by Gasteiger charge is -2.25. The molecule has 2 fully saturated rings. The lowest BCUT2D eigenvalue weighted by Crippen LogP contribution is -2.40. The van der Waals surface area contributed by atoms with Crippen LogP contribution in [0.3, 0.4) is 0 Å². The van der Waals surface area contributed by atoms with Gasteiger partial charge in [0.2, 0.25) is 5.91 Å². The normalized spacial score (nSPS) is 25.1. The van der Waals surface area contributed by atoms with Crippen LogP contribution in [0, 0.1) is 5.92 Å². The summed E-state index contributed by atoms with van der Waals surface area (Å²) in [6, 6.07) is 0.657. The monoisotopic (exact) mass is 226 g/mol. The minimum atomic E-state index is 0.214. The Hall–Kier alpha value is -0.610. The highest BCUT2D eigenvalue weighted by Gasteiger charge is 2.32. The molecule has 0 N–H and O–H groups in total. The average molecular weight is 226 g/mol. The molecular formula is C12H22N2O2. The van der Waals surface area contributed by atoms with Crippen molar-refractivity contribution >= 4 is 5.91 Å². The fourth-order valence-electron chi connectivity index (χ4n) is 2.16. The zero-order valence-electron chi connectivity index (χ0n) is 10.3. The Kier molecular flexibility index (Phi) is 3.82. The van der Waals surface area contributed by atoms with Crippen LogP contribution in [0.2, 0.25) is 0 Å². The van der Waals surface area contributed by atoms with Gasteiger partial charge < -0.3 is 9.64 Å². The van der Waals surface area contributed by atoms with E-state index in [0.29, 0.717) is 18.5 Å². The molecule has 1 unspecified atom stereocenters. The predicted molar refractivity (Wildman–Crippen MR) is 62.2 cm³/mol. The molecule has 0 bridgehead atoms. The van der Waals surface area contributed by atoms with Crippen molar-refractivity contribution in [1.82, 2.24) is 9.80 Å². The van der Waals surface area contributed by atoms with Gasteiger partial charge in [0, 0.05) is 33.3 Å². The molecule has 0 aromatic rings. The van der Waals surface area contributed by atoms with Crippen molar-refractivity contribution in [3.05, 3.63) is 0 Å². The van der Waals surface area contributed by atoms with Gasteiger partial charge in [0.05, 0.1) is 13.2 Å². The topological polar surface area (TPSA) is 32.8 Å². The third-order valence-corrected chi connectivity index (χ3v) is 3.42. The molecule has 0 aromatic carbocycles. The molecule has 1 heterocycles. The Balaban J connectivity index is 1.82. The van der Waals surface area contributed by atoms with E-state index in [1.54, 1.807) is 4.90 Å². The third kappa shape index (κ3) is 3.19. The number of ether oxygens (including phenoxy) is 1. The number of likely N-dealkylation sites (N-methyl/N-ethyl adjacent to an activating group) is 1. The molecular weight excluding hydrogens is 204 g/mol. The maximum atomic E-state index is 11.7. The van der Waals surface area contributed by atoms with Crippen molar-refractivity contribution in [2.45, 2.75) is 25.3 Å². The molecule has 0 spiro atoms. The first kappa shape index (κ1) is 11.9. The van der Waals surface area contributed by atoms with Gasteiger partial charge in [-0.25, -0.2) is 0 Å². The summed E-state index contributed by atoms with van der Waals surface area (Å²) in [6.45, 7) is 3.38. The van der Waals surface area contributed by atoms with Gasteiger partial charge in [0.25, 0.3) is 0 Å². The van der Waals surface area contributed by atoms with Gasteiger partial charge in [0.1, 0.15) is 0 Å². The van der Waals surface area contributed by atoms with Gasteiger partial charge in [-0.1, -0.05) is 0 Å². The second-order valence-electron chi connectivity index (χ2n) is 5.18.